The summed E-state index contributed by atoms with van der Waals surface area (Å²) >= 11 is 4.85. The summed E-state index contributed by atoms with van der Waals surface area (Å²) in [5.74, 6) is 1.21. The van der Waals surface area contributed by atoms with Gasteiger partial charge in [-0.1, -0.05) is 0 Å². The number of halogens is 1. The molecule has 0 aliphatic heterocycles. The van der Waals surface area contributed by atoms with E-state index in [1.807, 2.05) is 13.2 Å². The van der Waals surface area contributed by atoms with Crippen LogP contribution in [0.25, 0.3) is 0 Å². The van der Waals surface area contributed by atoms with Gasteiger partial charge in [0.2, 0.25) is 0 Å². The molecule has 0 aliphatic rings. The first-order chi connectivity index (χ1) is 5.15. The first-order valence-electron chi connectivity index (χ1n) is 2.98. The van der Waals surface area contributed by atoms with E-state index in [-0.39, 0.29) is 0 Å². The normalized spacial score (nSPS) is 10.1. The third-order valence-corrected chi connectivity index (χ3v) is 2.88. The maximum absolute atomic E-state index is 5.59. The lowest BCUT2D eigenvalue weighted by atomic mass is 10.5. The second kappa shape index (κ2) is 3.40. The molecule has 5 heteroatoms. The van der Waals surface area contributed by atoms with E-state index < -0.39 is 0 Å². The highest BCUT2D eigenvalue weighted by molar-refractivity contribution is 9.10. The maximum Gasteiger partial charge on any atom is 0.142 e. The first-order valence-corrected chi connectivity index (χ1v) is 5.00. The number of rotatable bonds is 1. The van der Waals surface area contributed by atoms with Crippen molar-refractivity contribution in [1.29, 1.82) is 0 Å². The van der Waals surface area contributed by atoms with Crippen LogP contribution in [-0.4, -0.2) is 16.2 Å². The number of hydrogen-bond acceptors (Lipinski definition) is 4. The predicted octanol–water partition coefficient (Wildman–Crippen LogP) is 1.85. The van der Waals surface area contributed by atoms with Crippen LogP contribution in [0.15, 0.2) is 9.50 Å². The Balaban J connectivity index is 3.24. The van der Waals surface area contributed by atoms with Crippen LogP contribution < -0.4 is 5.73 Å². The van der Waals surface area contributed by atoms with Crippen molar-refractivity contribution < 1.29 is 0 Å². The Kier molecular flexibility index (Phi) is 2.72. The average Bonchev–Trinajstić information content (AvgIpc) is 1.96. The SMILES string of the molecule is CSc1nc(C)nc(N)c1Br. The van der Waals surface area contributed by atoms with Crippen molar-refractivity contribution in [3.05, 3.63) is 10.3 Å². The molecule has 1 aromatic heterocycles. The molecule has 0 spiro atoms. The van der Waals surface area contributed by atoms with Crippen LogP contribution in [0.1, 0.15) is 5.82 Å². The molecule has 0 saturated carbocycles. The van der Waals surface area contributed by atoms with E-state index in [9.17, 15) is 0 Å². The quantitative estimate of drug-likeness (QED) is 0.595. The van der Waals surface area contributed by atoms with Crippen molar-refractivity contribution >= 4 is 33.5 Å². The number of aromatic nitrogens is 2. The molecule has 0 aromatic carbocycles. The third-order valence-electron chi connectivity index (χ3n) is 1.15. The van der Waals surface area contributed by atoms with Gasteiger partial charge >= 0.3 is 0 Å². The summed E-state index contributed by atoms with van der Waals surface area (Å²) in [6.45, 7) is 1.82. The fourth-order valence-electron chi connectivity index (χ4n) is 0.689. The molecular formula is C6H8BrN3S. The van der Waals surface area contributed by atoms with Crippen LogP contribution in [0, 0.1) is 6.92 Å². The van der Waals surface area contributed by atoms with Crippen LogP contribution in [-0.2, 0) is 0 Å². The summed E-state index contributed by atoms with van der Waals surface area (Å²) in [5.41, 5.74) is 5.59. The van der Waals surface area contributed by atoms with Crippen molar-refractivity contribution in [2.24, 2.45) is 0 Å². The Hall–Kier alpha value is -0.290. The highest BCUT2D eigenvalue weighted by atomic mass is 79.9. The fraction of sp³-hybridized carbons (Fsp3) is 0.333. The van der Waals surface area contributed by atoms with Gasteiger partial charge in [0.05, 0.1) is 4.47 Å². The Morgan fingerprint density at radius 3 is 2.64 bits per heavy atom. The van der Waals surface area contributed by atoms with Gasteiger partial charge < -0.3 is 5.73 Å². The van der Waals surface area contributed by atoms with Crippen LogP contribution >= 0.6 is 27.7 Å². The predicted molar refractivity (Wildman–Crippen MR) is 50.7 cm³/mol. The second-order valence-electron chi connectivity index (χ2n) is 1.98. The van der Waals surface area contributed by atoms with Gasteiger partial charge in [0, 0.05) is 0 Å². The van der Waals surface area contributed by atoms with Gasteiger partial charge in [-0.3, -0.25) is 0 Å². The van der Waals surface area contributed by atoms with Gasteiger partial charge in [-0.25, -0.2) is 9.97 Å². The number of anilines is 1. The average molecular weight is 234 g/mol. The molecule has 3 nitrogen and oxygen atoms in total. The molecule has 0 fully saturated rings. The Bertz CT molecular complexity index is 277. The minimum atomic E-state index is 0.502. The summed E-state index contributed by atoms with van der Waals surface area (Å²) in [6.07, 6.45) is 1.95. The molecule has 2 N–H and O–H groups in total. The molecule has 0 amide bonds. The van der Waals surface area contributed by atoms with Crippen molar-refractivity contribution in [1.82, 2.24) is 9.97 Å². The van der Waals surface area contributed by atoms with Crippen LogP contribution in [0.5, 0.6) is 0 Å². The fourth-order valence-corrected chi connectivity index (χ4v) is 1.86. The number of nitrogens with zero attached hydrogens (tertiary/aromatic N) is 2. The van der Waals surface area contributed by atoms with Crippen molar-refractivity contribution in [2.45, 2.75) is 11.9 Å². The minimum absolute atomic E-state index is 0.502. The van der Waals surface area contributed by atoms with Crippen molar-refractivity contribution in [3.63, 3.8) is 0 Å². The van der Waals surface area contributed by atoms with Gasteiger partial charge in [0.1, 0.15) is 16.7 Å². The number of thioether (sulfide) groups is 1. The van der Waals surface area contributed by atoms with E-state index in [0.29, 0.717) is 11.6 Å². The topological polar surface area (TPSA) is 51.8 Å². The van der Waals surface area contributed by atoms with Gasteiger partial charge in [-0.2, -0.15) is 0 Å². The third kappa shape index (κ3) is 1.84. The smallest absolute Gasteiger partial charge is 0.142 e. The lowest BCUT2D eigenvalue weighted by Crippen LogP contribution is -1.98. The monoisotopic (exact) mass is 233 g/mol. The number of nitrogen functional groups attached to an aromatic ring is 1. The molecule has 0 saturated heterocycles. The lowest BCUT2D eigenvalue weighted by Gasteiger charge is -2.02. The van der Waals surface area contributed by atoms with E-state index in [1.165, 1.54) is 0 Å². The molecule has 0 atom stereocenters. The summed E-state index contributed by atoms with van der Waals surface area (Å²) in [4.78, 5) is 8.17. The van der Waals surface area contributed by atoms with E-state index in [0.717, 1.165) is 9.50 Å². The zero-order valence-electron chi connectivity index (χ0n) is 6.26. The molecule has 11 heavy (non-hydrogen) atoms. The standard InChI is InChI=1S/C6H8BrN3S/c1-3-9-5(8)4(7)6(10-3)11-2/h1-2H3,(H2,8,9,10). The zero-order valence-corrected chi connectivity index (χ0v) is 8.66. The molecule has 0 aliphatic carbocycles. The molecular weight excluding hydrogens is 226 g/mol. The van der Waals surface area contributed by atoms with Gasteiger partial charge in [-0.05, 0) is 29.1 Å². The summed E-state index contributed by atoms with van der Waals surface area (Å²) in [5, 5.41) is 0.884. The molecule has 1 heterocycles. The summed E-state index contributed by atoms with van der Waals surface area (Å²) in [6, 6.07) is 0. The molecule has 1 aromatic rings. The molecule has 1 rings (SSSR count). The largest absolute Gasteiger partial charge is 0.383 e. The number of aryl methyl sites for hydroxylation is 1. The van der Waals surface area contributed by atoms with E-state index in [4.69, 9.17) is 5.73 Å². The highest BCUT2D eigenvalue weighted by Crippen LogP contribution is 2.27. The summed E-state index contributed by atoms with van der Waals surface area (Å²) < 4.78 is 0.788. The van der Waals surface area contributed by atoms with Crippen molar-refractivity contribution in [3.8, 4) is 0 Å². The van der Waals surface area contributed by atoms with Crippen LogP contribution in [0.2, 0.25) is 0 Å². The van der Waals surface area contributed by atoms with E-state index in [1.54, 1.807) is 11.8 Å². The van der Waals surface area contributed by atoms with Crippen LogP contribution in [0.3, 0.4) is 0 Å². The Morgan fingerprint density at radius 1 is 1.45 bits per heavy atom. The van der Waals surface area contributed by atoms with E-state index in [2.05, 4.69) is 25.9 Å². The summed E-state index contributed by atoms with van der Waals surface area (Å²) in [7, 11) is 0. The lowest BCUT2D eigenvalue weighted by molar-refractivity contribution is 0.962. The first kappa shape index (κ1) is 8.80. The maximum atomic E-state index is 5.59. The minimum Gasteiger partial charge on any atom is -0.383 e. The second-order valence-corrected chi connectivity index (χ2v) is 3.57. The molecule has 0 radical (unpaired) electrons. The van der Waals surface area contributed by atoms with Gasteiger partial charge in [-0.15, -0.1) is 11.8 Å². The highest BCUT2D eigenvalue weighted by Gasteiger charge is 2.05. The Labute approximate surface area is 77.9 Å². The van der Waals surface area contributed by atoms with E-state index >= 15 is 0 Å². The molecule has 60 valence electrons. The van der Waals surface area contributed by atoms with Gasteiger partial charge in [0.15, 0.2) is 0 Å². The number of hydrogen-bond donors (Lipinski definition) is 1. The molecule has 0 unspecified atom stereocenters. The van der Waals surface area contributed by atoms with Gasteiger partial charge in [0.25, 0.3) is 0 Å². The van der Waals surface area contributed by atoms with Crippen molar-refractivity contribution in [2.75, 3.05) is 12.0 Å². The molecule has 0 bridgehead atoms. The Morgan fingerprint density at radius 2 is 2.09 bits per heavy atom. The van der Waals surface area contributed by atoms with Crippen LogP contribution in [0.4, 0.5) is 5.82 Å². The number of nitrogens with two attached hydrogens (primary N) is 1. The zero-order chi connectivity index (χ0) is 8.43.